The van der Waals surface area contributed by atoms with Crippen LogP contribution in [0.25, 0.3) is 0 Å². The van der Waals surface area contributed by atoms with Crippen LogP contribution in [0.4, 0.5) is 0 Å². The number of hydrogen-bond donors (Lipinski definition) is 1. The molecule has 0 bridgehead atoms. The average Bonchev–Trinajstić information content (AvgIpc) is 2.60. The van der Waals surface area contributed by atoms with Crippen LogP contribution >= 0.6 is 0 Å². The molecule has 0 aliphatic carbocycles. The number of aryl methyl sites for hydroxylation is 1. The summed E-state index contributed by atoms with van der Waals surface area (Å²) >= 11 is 0. The highest BCUT2D eigenvalue weighted by Gasteiger charge is 2.28. The van der Waals surface area contributed by atoms with Gasteiger partial charge in [0, 0.05) is 14.1 Å². The first-order chi connectivity index (χ1) is 7.33. The van der Waals surface area contributed by atoms with E-state index in [2.05, 4.69) is 5.32 Å². The maximum atomic E-state index is 11.8. The quantitative estimate of drug-likeness (QED) is 0.844. The van der Waals surface area contributed by atoms with Crippen molar-refractivity contribution in [3.8, 4) is 0 Å². The fraction of sp³-hybridized carbons (Fsp3) is 0.583. The smallest absolute Gasteiger partial charge is 0.241 e. The van der Waals surface area contributed by atoms with Crippen LogP contribution in [0.5, 0.6) is 0 Å². The van der Waals surface area contributed by atoms with E-state index in [-0.39, 0.29) is 5.91 Å². The Morgan fingerprint density at radius 1 is 1.44 bits per heavy atom. The molecule has 0 saturated carbocycles. The van der Waals surface area contributed by atoms with Crippen LogP contribution < -0.4 is 5.32 Å². The summed E-state index contributed by atoms with van der Waals surface area (Å²) in [5.41, 5.74) is -0.579. The molecule has 0 atom stereocenters. The molecule has 0 saturated heterocycles. The fourth-order valence-electron chi connectivity index (χ4n) is 1.52. The lowest BCUT2D eigenvalue weighted by atomic mass is 10.0. The Hall–Kier alpha value is -1.29. The minimum atomic E-state index is -0.579. The van der Waals surface area contributed by atoms with Gasteiger partial charge >= 0.3 is 0 Å². The standard InChI is InChI=1S/C12H20N2O2/c1-9-6-7-10(16-9)8-13-12(2,3)11(15)14(4)5/h6-7,13H,8H2,1-5H3. The fourth-order valence-corrected chi connectivity index (χ4v) is 1.52. The van der Waals surface area contributed by atoms with Crippen molar-refractivity contribution in [2.24, 2.45) is 0 Å². The number of carbonyl (C=O) groups excluding carboxylic acids is 1. The van der Waals surface area contributed by atoms with Crippen LogP contribution in [0.15, 0.2) is 16.5 Å². The molecule has 1 amide bonds. The monoisotopic (exact) mass is 224 g/mol. The van der Waals surface area contributed by atoms with Crippen molar-refractivity contribution >= 4 is 5.91 Å². The molecular formula is C12H20N2O2. The second-order valence-electron chi connectivity index (χ2n) is 4.69. The Balaban J connectivity index is 2.57. The molecule has 16 heavy (non-hydrogen) atoms. The number of rotatable bonds is 4. The summed E-state index contributed by atoms with van der Waals surface area (Å²) in [6.45, 7) is 6.19. The van der Waals surface area contributed by atoms with E-state index >= 15 is 0 Å². The van der Waals surface area contributed by atoms with Gasteiger partial charge in [-0.3, -0.25) is 10.1 Å². The van der Waals surface area contributed by atoms with E-state index in [4.69, 9.17) is 4.42 Å². The number of amides is 1. The number of furan rings is 1. The van der Waals surface area contributed by atoms with Crippen molar-refractivity contribution in [1.82, 2.24) is 10.2 Å². The van der Waals surface area contributed by atoms with Crippen molar-refractivity contribution in [2.75, 3.05) is 14.1 Å². The van der Waals surface area contributed by atoms with Crippen molar-refractivity contribution in [3.63, 3.8) is 0 Å². The van der Waals surface area contributed by atoms with Gasteiger partial charge in [-0.2, -0.15) is 0 Å². The molecule has 90 valence electrons. The minimum Gasteiger partial charge on any atom is -0.465 e. The van der Waals surface area contributed by atoms with Gasteiger partial charge in [0.2, 0.25) is 5.91 Å². The summed E-state index contributed by atoms with van der Waals surface area (Å²) < 4.78 is 5.43. The minimum absolute atomic E-state index is 0.0516. The van der Waals surface area contributed by atoms with Gasteiger partial charge in [0.25, 0.3) is 0 Å². The van der Waals surface area contributed by atoms with Crippen LogP contribution in [-0.4, -0.2) is 30.4 Å². The Labute approximate surface area is 96.6 Å². The highest BCUT2D eigenvalue weighted by atomic mass is 16.3. The predicted molar refractivity (Wildman–Crippen MR) is 63.1 cm³/mol. The average molecular weight is 224 g/mol. The van der Waals surface area contributed by atoms with E-state index in [1.807, 2.05) is 32.9 Å². The van der Waals surface area contributed by atoms with E-state index in [9.17, 15) is 4.79 Å². The van der Waals surface area contributed by atoms with Crippen LogP contribution in [0.2, 0.25) is 0 Å². The second kappa shape index (κ2) is 4.70. The zero-order chi connectivity index (χ0) is 12.3. The molecule has 1 aromatic rings. The SMILES string of the molecule is Cc1ccc(CNC(C)(C)C(=O)N(C)C)o1. The first-order valence-electron chi connectivity index (χ1n) is 5.35. The Kier molecular flexibility index (Phi) is 3.75. The molecule has 0 radical (unpaired) electrons. The Bertz CT molecular complexity index is 367. The van der Waals surface area contributed by atoms with Gasteiger partial charge in [-0.05, 0) is 32.9 Å². The number of carbonyl (C=O) groups is 1. The van der Waals surface area contributed by atoms with Gasteiger partial charge in [-0.15, -0.1) is 0 Å². The molecule has 1 N–H and O–H groups in total. The summed E-state index contributed by atoms with van der Waals surface area (Å²) in [6.07, 6.45) is 0. The van der Waals surface area contributed by atoms with Crippen molar-refractivity contribution in [3.05, 3.63) is 23.7 Å². The topological polar surface area (TPSA) is 45.5 Å². The summed E-state index contributed by atoms with van der Waals surface area (Å²) in [5, 5.41) is 3.18. The molecule has 1 heterocycles. The van der Waals surface area contributed by atoms with E-state index < -0.39 is 5.54 Å². The Morgan fingerprint density at radius 3 is 2.50 bits per heavy atom. The lowest BCUT2D eigenvalue weighted by Gasteiger charge is -2.27. The zero-order valence-corrected chi connectivity index (χ0v) is 10.6. The van der Waals surface area contributed by atoms with Crippen LogP contribution in [-0.2, 0) is 11.3 Å². The van der Waals surface area contributed by atoms with Crippen LogP contribution in [0, 0.1) is 6.92 Å². The van der Waals surface area contributed by atoms with Crippen molar-refractivity contribution in [2.45, 2.75) is 32.9 Å². The summed E-state index contributed by atoms with van der Waals surface area (Å²) in [5.74, 6) is 1.78. The molecule has 1 aromatic heterocycles. The van der Waals surface area contributed by atoms with Gasteiger partial charge in [0.15, 0.2) is 0 Å². The number of likely N-dealkylation sites (N-methyl/N-ethyl adjacent to an activating group) is 1. The highest BCUT2D eigenvalue weighted by Crippen LogP contribution is 2.10. The van der Waals surface area contributed by atoms with Crippen molar-refractivity contribution < 1.29 is 9.21 Å². The molecule has 1 rings (SSSR count). The largest absolute Gasteiger partial charge is 0.465 e. The normalized spacial score (nSPS) is 11.6. The van der Waals surface area contributed by atoms with Crippen LogP contribution in [0.1, 0.15) is 25.4 Å². The van der Waals surface area contributed by atoms with E-state index in [1.54, 1.807) is 19.0 Å². The molecule has 0 spiro atoms. The third-order valence-corrected chi connectivity index (χ3v) is 2.44. The number of nitrogens with one attached hydrogen (secondary N) is 1. The zero-order valence-electron chi connectivity index (χ0n) is 10.6. The van der Waals surface area contributed by atoms with Gasteiger partial charge in [-0.1, -0.05) is 0 Å². The van der Waals surface area contributed by atoms with Gasteiger partial charge in [0.05, 0.1) is 12.1 Å². The maximum absolute atomic E-state index is 11.8. The molecule has 0 fully saturated rings. The number of hydrogen-bond acceptors (Lipinski definition) is 3. The third kappa shape index (κ3) is 3.10. The van der Waals surface area contributed by atoms with Gasteiger partial charge in [0.1, 0.15) is 11.5 Å². The molecule has 0 unspecified atom stereocenters. The summed E-state index contributed by atoms with van der Waals surface area (Å²) in [6, 6.07) is 3.83. The lowest BCUT2D eigenvalue weighted by molar-refractivity contribution is -0.134. The molecule has 0 aromatic carbocycles. The van der Waals surface area contributed by atoms with E-state index in [0.717, 1.165) is 11.5 Å². The molecule has 4 nitrogen and oxygen atoms in total. The van der Waals surface area contributed by atoms with Gasteiger partial charge in [-0.25, -0.2) is 0 Å². The first kappa shape index (κ1) is 12.8. The number of nitrogens with zero attached hydrogens (tertiary/aromatic N) is 1. The first-order valence-corrected chi connectivity index (χ1v) is 5.35. The second-order valence-corrected chi connectivity index (χ2v) is 4.69. The van der Waals surface area contributed by atoms with E-state index in [0.29, 0.717) is 6.54 Å². The summed E-state index contributed by atoms with van der Waals surface area (Å²) in [7, 11) is 3.51. The Morgan fingerprint density at radius 2 is 2.06 bits per heavy atom. The van der Waals surface area contributed by atoms with E-state index in [1.165, 1.54) is 0 Å². The van der Waals surface area contributed by atoms with Crippen LogP contribution in [0.3, 0.4) is 0 Å². The summed E-state index contributed by atoms with van der Waals surface area (Å²) in [4.78, 5) is 13.4. The molecule has 4 heteroatoms. The molecule has 0 aliphatic heterocycles. The molecular weight excluding hydrogens is 204 g/mol. The molecule has 0 aliphatic rings. The lowest BCUT2D eigenvalue weighted by Crippen LogP contribution is -2.51. The van der Waals surface area contributed by atoms with Crippen molar-refractivity contribution in [1.29, 1.82) is 0 Å². The highest BCUT2D eigenvalue weighted by molar-refractivity contribution is 5.84. The third-order valence-electron chi connectivity index (χ3n) is 2.44. The predicted octanol–water partition coefficient (Wildman–Crippen LogP) is 1.54. The van der Waals surface area contributed by atoms with Gasteiger partial charge < -0.3 is 9.32 Å². The maximum Gasteiger partial charge on any atom is 0.241 e.